The number of aromatic nitrogens is 2. The molecular weight excluding hydrogens is 276 g/mol. The second kappa shape index (κ2) is 5.50. The van der Waals surface area contributed by atoms with Crippen LogP contribution >= 0.6 is 0 Å². The number of para-hydroxylation sites is 1. The Balaban J connectivity index is 1.39. The average molecular weight is 296 g/mol. The maximum Gasteiger partial charge on any atom is 0.134 e. The monoisotopic (exact) mass is 296 g/mol. The molecule has 0 amide bonds. The minimum atomic E-state index is 0.200. The van der Waals surface area contributed by atoms with Gasteiger partial charge < -0.3 is 15.1 Å². The van der Waals surface area contributed by atoms with E-state index < -0.39 is 0 Å². The molecule has 0 spiro atoms. The van der Waals surface area contributed by atoms with Crippen LogP contribution in [0.3, 0.4) is 0 Å². The van der Waals surface area contributed by atoms with Crippen molar-refractivity contribution in [3.8, 4) is 0 Å². The van der Waals surface area contributed by atoms with Crippen LogP contribution < -0.4 is 10.6 Å². The summed E-state index contributed by atoms with van der Waals surface area (Å²) in [5.74, 6) is 2.63. The van der Waals surface area contributed by atoms with Gasteiger partial charge >= 0.3 is 0 Å². The zero-order valence-electron chi connectivity index (χ0n) is 12.6. The molecule has 2 aromatic heterocycles. The van der Waals surface area contributed by atoms with Crippen molar-refractivity contribution in [3.05, 3.63) is 48.4 Å². The molecule has 114 valence electrons. The molecule has 1 aliphatic rings. The van der Waals surface area contributed by atoms with Crippen molar-refractivity contribution < 1.29 is 4.42 Å². The molecule has 5 nitrogen and oxygen atoms in total. The molecule has 1 aliphatic heterocycles. The minimum Gasteiger partial charge on any atom is -0.459 e. The molecule has 0 bridgehead atoms. The molecule has 0 unspecified atom stereocenters. The number of nitrogens with one attached hydrogen (secondary N) is 2. The summed E-state index contributed by atoms with van der Waals surface area (Å²) < 4.78 is 7.95. The van der Waals surface area contributed by atoms with Crippen LogP contribution in [-0.2, 0) is 6.54 Å². The van der Waals surface area contributed by atoms with Crippen molar-refractivity contribution in [1.82, 2.24) is 15.1 Å². The Morgan fingerprint density at radius 3 is 3.23 bits per heavy atom. The van der Waals surface area contributed by atoms with Gasteiger partial charge in [-0.1, -0.05) is 18.2 Å². The molecule has 5 heteroatoms. The van der Waals surface area contributed by atoms with Crippen molar-refractivity contribution in [2.75, 3.05) is 18.4 Å². The Morgan fingerprint density at radius 2 is 2.32 bits per heavy atom. The lowest BCUT2D eigenvalue weighted by molar-refractivity contribution is 0.360. The van der Waals surface area contributed by atoms with Crippen LogP contribution in [0, 0.1) is 5.92 Å². The van der Waals surface area contributed by atoms with Crippen molar-refractivity contribution in [1.29, 1.82) is 0 Å². The molecular formula is C17H20N4O. The predicted molar refractivity (Wildman–Crippen MR) is 86.8 cm³/mol. The van der Waals surface area contributed by atoms with Gasteiger partial charge in [0.2, 0.25) is 0 Å². The Labute approximate surface area is 129 Å². The van der Waals surface area contributed by atoms with Crippen molar-refractivity contribution in [2.24, 2.45) is 5.92 Å². The topological polar surface area (TPSA) is 55.0 Å². The SMILES string of the molecule is C[C@H](NC[C@@H]1CNc2ccnn2C1)c1cc2ccccc2o1. The Bertz CT molecular complexity index is 743. The quantitative estimate of drug-likeness (QED) is 0.777. The van der Waals surface area contributed by atoms with Crippen LogP contribution in [0.15, 0.2) is 47.0 Å². The summed E-state index contributed by atoms with van der Waals surface area (Å²) in [6.45, 7) is 5.01. The van der Waals surface area contributed by atoms with Crippen LogP contribution in [0.5, 0.6) is 0 Å². The van der Waals surface area contributed by atoms with Gasteiger partial charge in [0.05, 0.1) is 12.2 Å². The number of rotatable bonds is 4. The van der Waals surface area contributed by atoms with E-state index in [4.69, 9.17) is 4.42 Å². The second-order valence-corrected chi connectivity index (χ2v) is 5.96. The summed E-state index contributed by atoms with van der Waals surface area (Å²) in [5, 5.41) is 12.5. The molecule has 4 rings (SSSR count). The van der Waals surface area contributed by atoms with Crippen LogP contribution in [0.4, 0.5) is 5.82 Å². The fourth-order valence-electron chi connectivity index (χ4n) is 2.98. The first-order valence-corrected chi connectivity index (χ1v) is 7.77. The Morgan fingerprint density at radius 1 is 1.41 bits per heavy atom. The average Bonchev–Trinajstić information content (AvgIpc) is 3.18. The first kappa shape index (κ1) is 13.4. The molecule has 3 heterocycles. The predicted octanol–water partition coefficient (Wildman–Crippen LogP) is 3.02. The highest BCUT2D eigenvalue weighted by molar-refractivity contribution is 5.77. The fraction of sp³-hybridized carbons (Fsp3) is 0.353. The number of fused-ring (bicyclic) bond motifs is 2. The van der Waals surface area contributed by atoms with E-state index in [1.54, 1.807) is 0 Å². The Hall–Kier alpha value is -2.27. The normalized spacial score (nSPS) is 18.9. The summed E-state index contributed by atoms with van der Waals surface area (Å²) in [5.41, 5.74) is 0.951. The molecule has 3 aromatic rings. The number of nitrogens with zero attached hydrogens (tertiary/aromatic N) is 2. The first-order valence-electron chi connectivity index (χ1n) is 7.77. The van der Waals surface area contributed by atoms with E-state index in [0.717, 1.165) is 42.2 Å². The third-order valence-electron chi connectivity index (χ3n) is 4.30. The molecule has 0 saturated heterocycles. The summed E-state index contributed by atoms with van der Waals surface area (Å²) in [7, 11) is 0. The van der Waals surface area contributed by atoms with E-state index in [2.05, 4.69) is 34.8 Å². The van der Waals surface area contributed by atoms with Gasteiger partial charge in [0.25, 0.3) is 0 Å². The molecule has 0 aliphatic carbocycles. The van der Waals surface area contributed by atoms with Gasteiger partial charge in [0, 0.05) is 37.0 Å². The molecule has 1 aromatic carbocycles. The van der Waals surface area contributed by atoms with Gasteiger partial charge in [-0.15, -0.1) is 0 Å². The van der Waals surface area contributed by atoms with Crippen LogP contribution in [0.25, 0.3) is 11.0 Å². The van der Waals surface area contributed by atoms with E-state index in [0.29, 0.717) is 5.92 Å². The van der Waals surface area contributed by atoms with E-state index in [9.17, 15) is 0 Å². The highest BCUT2D eigenvalue weighted by atomic mass is 16.3. The molecule has 2 N–H and O–H groups in total. The molecule has 0 saturated carbocycles. The lowest BCUT2D eigenvalue weighted by Gasteiger charge is -2.26. The van der Waals surface area contributed by atoms with Gasteiger partial charge in [0.1, 0.15) is 17.2 Å². The van der Waals surface area contributed by atoms with E-state index in [1.165, 1.54) is 0 Å². The summed E-state index contributed by atoms with van der Waals surface area (Å²) in [6.07, 6.45) is 1.84. The molecule has 0 fully saturated rings. The Kier molecular flexibility index (Phi) is 3.35. The maximum atomic E-state index is 5.92. The van der Waals surface area contributed by atoms with E-state index in [1.807, 2.05) is 35.1 Å². The second-order valence-electron chi connectivity index (χ2n) is 5.96. The van der Waals surface area contributed by atoms with E-state index >= 15 is 0 Å². The van der Waals surface area contributed by atoms with Gasteiger partial charge in [0.15, 0.2) is 0 Å². The van der Waals surface area contributed by atoms with E-state index in [-0.39, 0.29) is 6.04 Å². The van der Waals surface area contributed by atoms with Crippen molar-refractivity contribution in [3.63, 3.8) is 0 Å². The third kappa shape index (κ3) is 2.48. The lowest BCUT2D eigenvalue weighted by Crippen LogP contribution is -2.36. The summed E-state index contributed by atoms with van der Waals surface area (Å²) >= 11 is 0. The maximum absolute atomic E-state index is 5.92. The van der Waals surface area contributed by atoms with Gasteiger partial charge in [-0.2, -0.15) is 5.10 Å². The number of anilines is 1. The van der Waals surface area contributed by atoms with Crippen LogP contribution in [0.2, 0.25) is 0 Å². The highest BCUT2D eigenvalue weighted by Crippen LogP contribution is 2.24. The summed E-state index contributed by atoms with van der Waals surface area (Å²) in [4.78, 5) is 0. The largest absolute Gasteiger partial charge is 0.459 e. The molecule has 22 heavy (non-hydrogen) atoms. The number of furan rings is 1. The smallest absolute Gasteiger partial charge is 0.134 e. The van der Waals surface area contributed by atoms with Crippen molar-refractivity contribution >= 4 is 16.8 Å². The third-order valence-corrected chi connectivity index (χ3v) is 4.30. The standard InChI is InChI=1S/C17H20N4O/c1-12(16-8-14-4-2-3-5-15(14)22-16)18-9-13-10-19-17-6-7-20-21(17)11-13/h2-8,12-13,18-19H,9-11H2,1H3/t12-,13+/m0/s1. The molecule has 2 atom stereocenters. The van der Waals surface area contributed by atoms with Gasteiger partial charge in [-0.25, -0.2) is 4.68 Å². The van der Waals surface area contributed by atoms with Gasteiger partial charge in [-0.3, -0.25) is 0 Å². The zero-order chi connectivity index (χ0) is 14.9. The van der Waals surface area contributed by atoms with Crippen LogP contribution in [0.1, 0.15) is 18.7 Å². The number of hydrogen-bond donors (Lipinski definition) is 2. The van der Waals surface area contributed by atoms with Gasteiger partial charge in [-0.05, 0) is 19.1 Å². The zero-order valence-corrected chi connectivity index (χ0v) is 12.6. The number of hydrogen-bond acceptors (Lipinski definition) is 4. The fourth-order valence-corrected chi connectivity index (χ4v) is 2.98. The minimum absolute atomic E-state index is 0.200. The molecule has 0 radical (unpaired) electrons. The van der Waals surface area contributed by atoms with Crippen LogP contribution in [-0.4, -0.2) is 22.9 Å². The van der Waals surface area contributed by atoms with Crippen molar-refractivity contribution in [2.45, 2.75) is 19.5 Å². The number of benzene rings is 1. The lowest BCUT2D eigenvalue weighted by atomic mass is 10.1. The highest BCUT2D eigenvalue weighted by Gasteiger charge is 2.19. The summed E-state index contributed by atoms with van der Waals surface area (Å²) in [6, 6.07) is 12.5. The first-order chi connectivity index (χ1) is 10.8.